The van der Waals surface area contributed by atoms with Crippen LogP contribution in [0.15, 0.2) is 47.4 Å². The van der Waals surface area contributed by atoms with E-state index >= 15 is 0 Å². The van der Waals surface area contributed by atoms with Crippen molar-refractivity contribution in [3.05, 3.63) is 53.0 Å². The van der Waals surface area contributed by atoms with E-state index in [1.165, 1.54) is 24.3 Å². The number of piperidine rings is 1. The number of rotatable bonds is 4. The molecule has 0 aromatic heterocycles. The van der Waals surface area contributed by atoms with Gasteiger partial charge in [-0.05, 0) is 98.5 Å². The highest BCUT2D eigenvalue weighted by Gasteiger charge is 2.48. The van der Waals surface area contributed by atoms with Crippen LogP contribution in [0.5, 0.6) is 0 Å². The third-order valence-corrected chi connectivity index (χ3v) is 9.02. The van der Waals surface area contributed by atoms with Crippen LogP contribution in [-0.4, -0.2) is 42.7 Å². The SMILES string of the molecule is O=C1N(c2ccc(C(F)(F)F)cc2)CCC12CCN(CCC1C=CC=C3SCCC31)CC2. The lowest BCUT2D eigenvalue weighted by atomic mass is 9.77. The number of carbonyl (C=O) groups is 1. The molecule has 4 aliphatic rings. The number of amides is 1. The largest absolute Gasteiger partial charge is 0.416 e. The Hall–Kier alpha value is -1.73. The average Bonchev–Trinajstić information content (AvgIpc) is 3.39. The summed E-state index contributed by atoms with van der Waals surface area (Å²) < 4.78 is 38.5. The van der Waals surface area contributed by atoms with Gasteiger partial charge in [0.15, 0.2) is 0 Å². The van der Waals surface area contributed by atoms with E-state index in [-0.39, 0.29) is 11.3 Å². The number of likely N-dealkylation sites (tertiary alicyclic amines) is 1. The Morgan fingerprint density at radius 2 is 1.78 bits per heavy atom. The molecule has 1 aliphatic carbocycles. The van der Waals surface area contributed by atoms with E-state index in [2.05, 4.69) is 23.1 Å². The monoisotopic (exact) mass is 462 g/mol. The highest BCUT2D eigenvalue weighted by molar-refractivity contribution is 8.03. The van der Waals surface area contributed by atoms with E-state index in [4.69, 9.17) is 0 Å². The van der Waals surface area contributed by atoms with Crippen molar-refractivity contribution in [1.82, 2.24) is 4.90 Å². The van der Waals surface area contributed by atoms with Gasteiger partial charge in [0.1, 0.15) is 0 Å². The number of allylic oxidation sites excluding steroid dienone is 4. The molecular weight excluding hydrogens is 433 g/mol. The molecule has 0 bridgehead atoms. The molecule has 0 N–H and O–H groups in total. The van der Waals surface area contributed by atoms with E-state index in [0.717, 1.165) is 57.5 Å². The van der Waals surface area contributed by atoms with Gasteiger partial charge < -0.3 is 9.80 Å². The van der Waals surface area contributed by atoms with Crippen molar-refractivity contribution in [1.29, 1.82) is 0 Å². The van der Waals surface area contributed by atoms with Crippen molar-refractivity contribution in [3.8, 4) is 0 Å². The first kappa shape index (κ1) is 22.1. The zero-order valence-electron chi connectivity index (χ0n) is 18.1. The Bertz CT molecular complexity index is 916. The Kier molecular flexibility index (Phi) is 5.91. The number of hydrogen-bond acceptors (Lipinski definition) is 3. The standard InChI is InChI=1S/C25H29F3N2OS/c26-25(27,28)19-4-6-20(7-5-19)30-16-12-24(23(30)31)10-14-29(15-11-24)13-8-18-2-1-3-22-21(18)9-17-32-22/h1-7,18,21H,8-17H2. The van der Waals surface area contributed by atoms with Gasteiger partial charge >= 0.3 is 6.18 Å². The molecule has 32 heavy (non-hydrogen) atoms. The van der Waals surface area contributed by atoms with Gasteiger partial charge in [-0.2, -0.15) is 13.2 Å². The quantitative estimate of drug-likeness (QED) is 0.570. The molecule has 1 spiro atoms. The molecule has 172 valence electrons. The number of carbonyl (C=O) groups excluding carboxylic acids is 1. The second kappa shape index (κ2) is 8.56. The molecule has 3 nitrogen and oxygen atoms in total. The third kappa shape index (κ3) is 4.14. The highest BCUT2D eigenvalue weighted by Crippen LogP contribution is 2.46. The summed E-state index contributed by atoms with van der Waals surface area (Å²) in [7, 11) is 0. The second-order valence-corrected chi connectivity index (χ2v) is 10.7. The molecular formula is C25H29F3N2OS. The fraction of sp³-hybridized carbons (Fsp3) is 0.560. The van der Waals surface area contributed by atoms with Crippen LogP contribution in [0.25, 0.3) is 0 Å². The molecule has 3 fully saturated rings. The molecule has 2 unspecified atom stereocenters. The van der Waals surface area contributed by atoms with Gasteiger partial charge in [0.2, 0.25) is 5.91 Å². The lowest BCUT2D eigenvalue weighted by molar-refractivity contribution is -0.137. The summed E-state index contributed by atoms with van der Waals surface area (Å²) in [6, 6.07) is 4.99. The van der Waals surface area contributed by atoms with E-state index < -0.39 is 11.7 Å². The molecule has 3 aliphatic heterocycles. The molecule has 1 aromatic carbocycles. The first-order chi connectivity index (χ1) is 15.4. The zero-order chi connectivity index (χ0) is 22.3. The van der Waals surface area contributed by atoms with Crippen LogP contribution in [0.2, 0.25) is 0 Å². The summed E-state index contributed by atoms with van der Waals surface area (Å²) >= 11 is 2.00. The summed E-state index contributed by atoms with van der Waals surface area (Å²) in [5.74, 6) is 2.65. The first-order valence-corrected chi connectivity index (χ1v) is 12.6. The third-order valence-electron chi connectivity index (χ3n) is 7.81. The topological polar surface area (TPSA) is 23.6 Å². The second-order valence-electron chi connectivity index (χ2n) is 9.52. The molecule has 7 heteroatoms. The predicted octanol–water partition coefficient (Wildman–Crippen LogP) is 5.74. The lowest BCUT2D eigenvalue weighted by Crippen LogP contribution is -2.45. The Balaban J connectivity index is 1.15. The van der Waals surface area contributed by atoms with Gasteiger partial charge in [0.25, 0.3) is 0 Å². The number of anilines is 1. The fourth-order valence-corrected chi connectivity index (χ4v) is 7.06. The molecule has 3 heterocycles. The van der Waals surface area contributed by atoms with E-state index in [0.29, 0.717) is 24.1 Å². The molecule has 1 aromatic rings. The minimum atomic E-state index is -4.36. The zero-order valence-corrected chi connectivity index (χ0v) is 18.9. The summed E-state index contributed by atoms with van der Waals surface area (Å²) in [6.45, 7) is 3.50. The number of nitrogens with zero attached hydrogens (tertiary/aromatic N) is 2. The van der Waals surface area contributed by atoms with Crippen LogP contribution < -0.4 is 4.90 Å². The Morgan fingerprint density at radius 1 is 1.06 bits per heavy atom. The van der Waals surface area contributed by atoms with E-state index in [1.54, 1.807) is 9.81 Å². The number of benzene rings is 1. The Labute approximate surface area is 191 Å². The maximum atomic E-state index is 13.3. The molecule has 0 radical (unpaired) electrons. The van der Waals surface area contributed by atoms with Gasteiger partial charge in [-0.15, -0.1) is 11.8 Å². The van der Waals surface area contributed by atoms with Crippen LogP contribution in [0.4, 0.5) is 18.9 Å². The average molecular weight is 463 g/mol. The minimum absolute atomic E-state index is 0.0879. The van der Waals surface area contributed by atoms with Crippen LogP contribution >= 0.6 is 11.8 Å². The van der Waals surface area contributed by atoms with E-state index in [1.807, 2.05) is 11.8 Å². The molecule has 1 amide bonds. The summed E-state index contributed by atoms with van der Waals surface area (Å²) in [5, 5.41) is 0. The van der Waals surface area contributed by atoms with Crippen molar-refractivity contribution in [2.45, 2.75) is 38.3 Å². The number of thioether (sulfide) groups is 1. The normalized spacial score (nSPS) is 27.8. The summed E-state index contributed by atoms with van der Waals surface area (Å²) in [4.78, 5) is 19.0. The maximum absolute atomic E-state index is 13.3. The number of alkyl halides is 3. The lowest BCUT2D eigenvalue weighted by Gasteiger charge is -2.38. The fourth-order valence-electron chi connectivity index (χ4n) is 5.77. The van der Waals surface area contributed by atoms with Crippen LogP contribution in [-0.2, 0) is 11.0 Å². The van der Waals surface area contributed by atoms with Crippen molar-refractivity contribution >= 4 is 23.4 Å². The summed E-state index contributed by atoms with van der Waals surface area (Å²) in [6.07, 6.45) is 7.42. The number of fused-ring (bicyclic) bond motifs is 1. The van der Waals surface area contributed by atoms with Crippen LogP contribution in [0.3, 0.4) is 0 Å². The van der Waals surface area contributed by atoms with Gasteiger partial charge in [-0.1, -0.05) is 18.2 Å². The Morgan fingerprint density at radius 3 is 2.50 bits per heavy atom. The molecule has 5 rings (SSSR count). The van der Waals surface area contributed by atoms with Crippen LogP contribution in [0.1, 0.15) is 37.7 Å². The van der Waals surface area contributed by atoms with E-state index in [9.17, 15) is 18.0 Å². The van der Waals surface area contributed by atoms with Crippen molar-refractivity contribution in [3.63, 3.8) is 0 Å². The first-order valence-electron chi connectivity index (χ1n) is 11.6. The number of halogens is 3. The molecule has 3 saturated heterocycles. The molecule has 0 saturated carbocycles. The predicted molar refractivity (Wildman–Crippen MR) is 122 cm³/mol. The van der Waals surface area contributed by atoms with Gasteiger partial charge in [0, 0.05) is 12.2 Å². The minimum Gasteiger partial charge on any atom is -0.312 e. The smallest absolute Gasteiger partial charge is 0.312 e. The highest BCUT2D eigenvalue weighted by atomic mass is 32.2. The van der Waals surface area contributed by atoms with Crippen molar-refractivity contribution in [2.24, 2.45) is 17.3 Å². The van der Waals surface area contributed by atoms with Gasteiger partial charge in [-0.3, -0.25) is 4.79 Å². The maximum Gasteiger partial charge on any atom is 0.416 e. The summed E-state index contributed by atoms with van der Waals surface area (Å²) in [5.41, 5.74) is -0.450. The number of hydrogen-bond donors (Lipinski definition) is 0. The van der Waals surface area contributed by atoms with Crippen molar-refractivity contribution < 1.29 is 18.0 Å². The van der Waals surface area contributed by atoms with Gasteiger partial charge in [-0.25, -0.2) is 0 Å². The van der Waals surface area contributed by atoms with Crippen molar-refractivity contribution in [2.75, 3.05) is 36.8 Å². The van der Waals surface area contributed by atoms with Crippen LogP contribution in [0, 0.1) is 17.3 Å². The molecule has 2 atom stereocenters. The van der Waals surface area contributed by atoms with Gasteiger partial charge in [0.05, 0.1) is 11.0 Å².